The number of anilines is 6. The molecule has 0 radical (unpaired) electrons. The van der Waals surface area contributed by atoms with Gasteiger partial charge >= 0.3 is 0 Å². The summed E-state index contributed by atoms with van der Waals surface area (Å²) in [4.78, 5) is 10.2. The summed E-state index contributed by atoms with van der Waals surface area (Å²) in [5.74, 6) is 0. The van der Waals surface area contributed by atoms with E-state index >= 15 is 0 Å². The summed E-state index contributed by atoms with van der Waals surface area (Å²) >= 11 is 1.74. The molecule has 0 amide bonds. The summed E-state index contributed by atoms with van der Waals surface area (Å²) in [5, 5.41) is 15.7. The highest BCUT2D eigenvalue weighted by atomic mass is 32.1. The van der Waals surface area contributed by atoms with E-state index in [9.17, 15) is 0 Å². The molecule has 0 bridgehead atoms. The lowest BCUT2D eigenvalue weighted by molar-refractivity contribution is 0.660. The number of fused-ring (bicyclic) bond motifs is 14. The Morgan fingerprint density at radius 3 is 1.03 bits per heavy atom. The van der Waals surface area contributed by atoms with E-state index < -0.39 is 0 Å². The van der Waals surface area contributed by atoms with Crippen LogP contribution in [0.3, 0.4) is 0 Å². The molecule has 0 aliphatic heterocycles. The van der Waals surface area contributed by atoms with Gasteiger partial charge in [0.1, 0.15) is 5.01 Å². The summed E-state index contributed by atoms with van der Waals surface area (Å²) < 4.78 is 5.94. The third-order valence-electron chi connectivity index (χ3n) is 28.2. The molecule has 134 heavy (non-hydrogen) atoms. The first-order valence-electron chi connectivity index (χ1n) is 46.2. The minimum atomic E-state index is -0.297. The van der Waals surface area contributed by atoms with Crippen LogP contribution in [0.25, 0.3) is 208 Å². The van der Waals surface area contributed by atoms with E-state index in [4.69, 9.17) is 4.98 Å². The number of hydrogen-bond donors (Lipinski definition) is 0. The van der Waals surface area contributed by atoms with E-state index in [1.807, 2.05) is 0 Å². The minimum Gasteiger partial charge on any atom is -0.311 e. The van der Waals surface area contributed by atoms with Crippen molar-refractivity contribution < 1.29 is 0 Å². The van der Waals surface area contributed by atoms with Crippen molar-refractivity contribution in [2.75, 3.05) is 9.80 Å². The molecule has 3 aromatic heterocycles. The van der Waals surface area contributed by atoms with Crippen LogP contribution in [0.1, 0.15) is 25.0 Å². The van der Waals surface area contributed by atoms with Crippen molar-refractivity contribution >= 4 is 142 Å². The quantitative estimate of drug-likeness (QED) is 0.0965. The Morgan fingerprint density at radius 1 is 0.209 bits per heavy atom. The van der Waals surface area contributed by atoms with Crippen molar-refractivity contribution in [3.8, 4) is 111 Å². The van der Waals surface area contributed by atoms with E-state index in [1.165, 1.54) is 165 Å². The highest BCUT2D eigenvalue weighted by Crippen LogP contribution is 2.54. The van der Waals surface area contributed by atoms with Gasteiger partial charge in [-0.3, -0.25) is 0 Å². The zero-order valence-corrected chi connectivity index (χ0v) is 74.6. The van der Waals surface area contributed by atoms with Gasteiger partial charge in [-0.15, -0.1) is 11.3 Å². The average Bonchev–Trinajstić information content (AvgIpc) is 1.57. The molecule has 0 saturated heterocycles. The highest BCUT2D eigenvalue weighted by molar-refractivity contribution is 7.21. The fourth-order valence-corrected chi connectivity index (χ4v) is 22.6. The van der Waals surface area contributed by atoms with Crippen molar-refractivity contribution in [1.82, 2.24) is 14.1 Å². The highest BCUT2D eigenvalue weighted by Gasteiger charge is 2.37. The smallest absolute Gasteiger partial charge is 0.124 e. The summed E-state index contributed by atoms with van der Waals surface area (Å²) in [6, 6.07) is 177. The SMILES string of the molecule is CC1(C)c2cc(-c3ccc4c(c3)c3ccccc3n4-c3ccccc3)ccc2-c2ccc(N(c3ccc(-c4cccc5ccccc45)cc3)c3ccc(-c4ccc(-c5ccc6nc(-c7ccc(N(c8ccc(-c9ccc%10c(c9)c9cc(-c%11cccc%12ccccc%11%12)ccc9n%10-c9ccccc9)cc8)c8ccc(-c9cccc%10ccccc9%10)cc8)cc7)sc6c5)c5ccccc45)cc3)cc21. The van der Waals surface area contributed by atoms with Crippen LogP contribution in [-0.2, 0) is 5.41 Å². The van der Waals surface area contributed by atoms with Gasteiger partial charge in [-0.05, 0) is 313 Å². The Labute approximate surface area is 781 Å². The molecule has 22 aromatic carbocycles. The lowest BCUT2D eigenvalue weighted by Crippen LogP contribution is -2.16. The summed E-state index contributed by atoms with van der Waals surface area (Å²) in [6.45, 7) is 4.81. The molecular formula is C128H85N5S. The molecule has 0 atom stereocenters. The van der Waals surface area contributed by atoms with Gasteiger partial charge in [-0.25, -0.2) is 4.98 Å². The molecule has 0 saturated carbocycles. The van der Waals surface area contributed by atoms with Gasteiger partial charge in [-0.2, -0.15) is 0 Å². The van der Waals surface area contributed by atoms with Gasteiger partial charge in [-0.1, -0.05) is 323 Å². The first-order chi connectivity index (χ1) is 66.2. The Bertz CT molecular complexity index is 8980. The van der Waals surface area contributed by atoms with Crippen LogP contribution in [0.4, 0.5) is 34.1 Å². The van der Waals surface area contributed by atoms with Crippen molar-refractivity contribution in [2.45, 2.75) is 19.3 Å². The fourth-order valence-electron chi connectivity index (χ4n) is 21.5. The van der Waals surface area contributed by atoms with Crippen LogP contribution in [0.15, 0.2) is 479 Å². The van der Waals surface area contributed by atoms with E-state index in [-0.39, 0.29) is 5.41 Å². The van der Waals surface area contributed by atoms with Gasteiger partial charge in [0.25, 0.3) is 0 Å². The van der Waals surface area contributed by atoms with Gasteiger partial charge in [0, 0.05) is 78.0 Å². The topological polar surface area (TPSA) is 29.2 Å². The van der Waals surface area contributed by atoms with Gasteiger partial charge in [0.05, 0.1) is 32.3 Å². The first-order valence-corrected chi connectivity index (χ1v) is 47.0. The van der Waals surface area contributed by atoms with Crippen LogP contribution in [0, 0.1) is 0 Å². The molecule has 6 heteroatoms. The van der Waals surface area contributed by atoms with Gasteiger partial charge in [0.15, 0.2) is 0 Å². The normalized spacial score (nSPS) is 12.3. The third-order valence-corrected chi connectivity index (χ3v) is 29.2. The maximum atomic E-state index is 5.35. The minimum absolute atomic E-state index is 0.297. The monoisotopic (exact) mass is 1720 g/mol. The maximum absolute atomic E-state index is 5.35. The standard InChI is InChI=1S/C128H85N5S/c1-128(2)119-79-92(91-55-74-123-116(77-91)115-37-17-18-41-122(115)132(123)95-28-5-3-6-29-95)52-68-113(119)114-69-67-102(81-120(114)128)131(100-61-46-87(47-62-100)107-39-20-26-84-23-10-13-33-104(84)107)101-63-48-88(49-64-101)109-70-71-110(112-36-16-15-35-111(109)112)94-53-72-121-126(80-94)134-127(129-121)89-50-65-99(66-51-89)130(98-59-44-86(45-60-98)106-38-19-25-83-22-9-12-32-103(83)106)97-57-42-82(43-58-97)90-54-73-124-117(76-90)118-78-93(108-40-21-27-85-24-11-14-34-105(85)108)56-75-125(118)133(124)96-30-7-4-8-31-96/h3-81H,1-2H3. The van der Waals surface area contributed by atoms with E-state index in [2.05, 4.69) is 512 Å². The second-order valence-corrected chi connectivity index (χ2v) is 37.1. The van der Waals surface area contributed by atoms with E-state index in [0.717, 1.165) is 88.5 Å². The van der Waals surface area contributed by atoms with Crippen LogP contribution in [0.2, 0.25) is 0 Å². The van der Waals surface area contributed by atoms with E-state index in [1.54, 1.807) is 11.3 Å². The number of nitrogens with zero attached hydrogens (tertiary/aromatic N) is 5. The Balaban J connectivity index is 0.507. The number of hydrogen-bond acceptors (Lipinski definition) is 4. The average molecular weight is 1730 g/mol. The lowest BCUT2D eigenvalue weighted by atomic mass is 9.81. The van der Waals surface area contributed by atoms with Crippen LogP contribution >= 0.6 is 11.3 Å². The van der Waals surface area contributed by atoms with Crippen molar-refractivity contribution in [1.29, 1.82) is 0 Å². The molecule has 3 heterocycles. The zero-order valence-electron chi connectivity index (χ0n) is 73.8. The number of aromatic nitrogens is 3. The fraction of sp³-hybridized carbons (Fsp3) is 0.0234. The molecule has 0 unspecified atom stereocenters. The molecule has 0 N–H and O–H groups in total. The molecule has 0 fully saturated rings. The van der Waals surface area contributed by atoms with Gasteiger partial charge < -0.3 is 18.9 Å². The largest absolute Gasteiger partial charge is 0.311 e. The molecule has 25 aromatic rings. The predicted octanol–water partition coefficient (Wildman–Crippen LogP) is 35.7. The van der Waals surface area contributed by atoms with Crippen LogP contribution in [0.5, 0.6) is 0 Å². The summed E-state index contributed by atoms with van der Waals surface area (Å²) in [7, 11) is 0. The van der Waals surface area contributed by atoms with Crippen molar-refractivity contribution in [2.24, 2.45) is 0 Å². The second kappa shape index (κ2) is 31.7. The number of thiazole rings is 1. The van der Waals surface area contributed by atoms with Crippen molar-refractivity contribution in [3.63, 3.8) is 0 Å². The lowest BCUT2D eigenvalue weighted by Gasteiger charge is -2.28. The Morgan fingerprint density at radius 2 is 0.522 bits per heavy atom. The van der Waals surface area contributed by atoms with E-state index in [0.29, 0.717) is 0 Å². The third kappa shape index (κ3) is 13.2. The maximum Gasteiger partial charge on any atom is 0.124 e. The Kier molecular flexibility index (Phi) is 18.5. The zero-order chi connectivity index (χ0) is 88.6. The number of benzene rings is 22. The van der Waals surface area contributed by atoms with Crippen molar-refractivity contribution in [3.05, 3.63) is 490 Å². The Hall–Kier alpha value is -17.0. The summed E-state index contributed by atoms with van der Waals surface area (Å²) in [6.07, 6.45) is 0. The molecule has 26 rings (SSSR count). The molecular weight excluding hydrogens is 1640 g/mol. The van der Waals surface area contributed by atoms with Crippen LogP contribution < -0.4 is 9.80 Å². The first kappa shape index (κ1) is 78.0. The molecule has 628 valence electrons. The molecule has 1 aliphatic rings. The second-order valence-electron chi connectivity index (χ2n) is 36.1. The van der Waals surface area contributed by atoms with Crippen LogP contribution in [-0.4, -0.2) is 14.1 Å². The predicted molar refractivity (Wildman–Crippen MR) is 569 cm³/mol. The molecule has 5 nitrogen and oxygen atoms in total. The molecule has 1 aliphatic carbocycles. The van der Waals surface area contributed by atoms with Gasteiger partial charge in [0.2, 0.25) is 0 Å². The number of rotatable bonds is 16. The molecule has 0 spiro atoms. The number of para-hydroxylation sites is 3. The summed E-state index contributed by atoms with van der Waals surface area (Å²) in [5.41, 5.74) is 37.0.